The molecular formula is C23H31NO. The number of unbranched alkanes of at least 4 members (excludes halogenated alkanes) is 2. The number of carbonyl (C=O) groups excluding carboxylic acids is 1. The summed E-state index contributed by atoms with van der Waals surface area (Å²) in [5.74, 6) is 0.403. The lowest BCUT2D eigenvalue weighted by Crippen LogP contribution is -2.34. The molecule has 0 radical (unpaired) electrons. The van der Waals surface area contributed by atoms with Gasteiger partial charge in [0, 0.05) is 25.4 Å². The van der Waals surface area contributed by atoms with Crippen LogP contribution in [0.1, 0.15) is 63.0 Å². The number of nitrogens with zero attached hydrogens (tertiary/aromatic N) is 1. The largest absolute Gasteiger partial charge is 0.343 e. The Hall–Kier alpha value is -2.09. The standard InChI is InChI=1S/C23H31NO/c1-3-5-17-24(18-6-4-2)23(25)19-22(20-13-9-7-10-14-20)21-15-11-8-12-16-21/h7-16,22H,3-6,17-19H2,1-2H3. The Labute approximate surface area is 152 Å². The monoisotopic (exact) mass is 337 g/mol. The van der Waals surface area contributed by atoms with Crippen LogP contribution in [0, 0.1) is 0 Å². The van der Waals surface area contributed by atoms with Crippen molar-refractivity contribution in [2.45, 2.75) is 51.9 Å². The number of hydrogen-bond donors (Lipinski definition) is 0. The third-order valence-electron chi connectivity index (χ3n) is 4.70. The maximum Gasteiger partial charge on any atom is 0.223 e. The molecule has 0 atom stereocenters. The number of benzene rings is 2. The van der Waals surface area contributed by atoms with E-state index in [1.807, 2.05) is 12.1 Å². The van der Waals surface area contributed by atoms with E-state index in [-0.39, 0.29) is 11.8 Å². The molecule has 0 aliphatic heterocycles. The first-order valence-corrected chi connectivity index (χ1v) is 9.63. The smallest absolute Gasteiger partial charge is 0.223 e. The van der Waals surface area contributed by atoms with Crippen molar-refractivity contribution in [2.24, 2.45) is 0 Å². The lowest BCUT2D eigenvalue weighted by Gasteiger charge is -2.26. The first-order valence-electron chi connectivity index (χ1n) is 9.63. The summed E-state index contributed by atoms with van der Waals surface area (Å²) in [6.07, 6.45) is 4.95. The van der Waals surface area contributed by atoms with Gasteiger partial charge in [0.25, 0.3) is 0 Å². The van der Waals surface area contributed by atoms with Gasteiger partial charge in [-0.2, -0.15) is 0 Å². The van der Waals surface area contributed by atoms with E-state index in [0.717, 1.165) is 38.8 Å². The van der Waals surface area contributed by atoms with E-state index in [4.69, 9.17) is 0 Å². The highest BCUT2D eigenvalue weighted by molar-refractivity contribution is 5.77. The van der Waals surface area contributed by atoms with Gasteiger partial charge in [0.15, 0.2) is 0 Å². The van der Waals surface area contributed by atoms with Crippen molar-refractivity contribution >= 4 is 5.91 Å². The van der Waals surface area contributed by atoms with Crippen molar-refractivity contribution in [2.75, 3.05) is 13.1 Å². The summed E-state index contributed by atoms with van der Waals surface area (Å²) in [6, 6.07) is 20.8. The molecule has 2 rings (SSSR count). The Morgan fingerprint density at radius 2 is 1.24 bits per heavy atom. The molecule has 0 aliphatic carbocycles. The number of rotatable bonds is 10. The van der Waals surface area contributed by atoms with Crippen LogP contribution in [0.3, 0.4) is 0 Å². The summed E-state index contributed by atoms with van der Waals surface area (Å²) in [4.78, 5) is 15.1. The molecule has 0 aromatic heterocycles. The average molecular weight is 338 g/mol. The van der Waals surface area contributed by atoms with Crippen molar-refractivity contribution in [3.63, 3.8) is 0 Å². The zero-order chi connectivity index (χ0) is 17.9. The second kappa shape index (κ2) is 10.7. The Morgan fingerprint density at radius 3 is 1.64 bits per heavy atom. The number of carbonyl (C=O) groups is 1. The molecule has 0 aliphatic rings. The molecule has 134 valence electrons. The van der Waals surface area contributed by atoms with Crippen LogP contribution in [0.2, 0.25) is 0 Å². The van der Waals surface area contributed by atoms with Crippen LogP contribution in [0.4, 0.5) is 0 Å². The molecule has 25 heavy (non-hydrogen) atoms. The first-order chi connectivity index (χ1) is 12.3. The zero-order valence-electron chi connectivity index (χ0n) is 15.7. The molecule has 0 saturated carbocycles. The van der Waals surface area contributed by atoms with E-state index in [9.17, 15) is 4.79 Å². The average Bonchev–Trinajstić information content (AvgIpc) is 2.67. The van der Waals surface area contributed by atoms with Crippen molar-refractivity contribution in [1.29, 1.82) is 0 Å². The molecule has 2 nitrogen and oxygen atoms in total. The van der Waals surface area contributed by atoms with Gasteiger partial charge < -0.3 is 4.90 Å². The van der Waals surface area contributed by atoms with Crippen LogP contribution in [0.15, 0.2) is 60.7 Å². The van der Waals surface area contributed by atoms with Gasteiger partial charge in [-0.25, -0.2) is 0 Å². The molecule has 0 spiro atoms. The fraction of sp³-hybridized carbons (Fsp3) is 0.435. The van der Waals surface area contributed by atoms with Gasteiger partial charge in [-0.05, 0) is 24.0 Å². The van der Waals surface area contributed by atoms with Crippen molar-refractivity contribution in [3.05, 3.63) is 71.8 Å². The van der Waals surface area contributed by atoms with Gasteiger partial charge in [0.1, 0.15) is 0 Å². The summed E-state index contributed by atoms with van der Waals surface area (Å²) in [6.45, 7) is 6.12. The Bertz CT molecular complexity index is 561. The van der Waals surface area contributed by atoms with Gasteiger partial charge in [-0.3, -0.25) is 4.79 Å². The maximum atomic E-state index is 13.0. The number of amides is 1. The topological polar surface area (TPSA) is 20.3 Å². The second-order valence-electron chi connectivity index (χ2n) is 6.67. The lowest BCUT2D eigenvalue weighted by atomic mass is 9.88. The van der Waals surface area contributed by atoms with Crippen LogP contribution in [0.25, 0.3) is 0 Å². The Kier molecular flexibility index (Phi) is 8.24. The maximum absolute atomic E-state index is 13.0. The van der Waals surface area contributed by atoms with Gasteiger partial charge in [0.05, 0.1) is 0 Å². The highest BCUT2D eigenvalue weighted by Crippen LogP contribution is 2.28. The lowest BCUT2D eigenvalue weighted by molar-refractivity contribution is -0.131. The van der Waals surface area contributed by atoms with Crippen molar-refractivity contribution < 1.29 is 4.79 Å². The van der Waals surface area contributed by atoms with Gasteiger partial charge in [-0.1, -0.05) is 87.4 Å². The van der Waals surface area contributed by atoms with E-state index in [1.54, 1.807) is 0 Å². The van der Waals surface area contributed by atoms with Crippen LogP contribution >= 0.6 is 0 Å². The summed E-state index contributed by atoms with van der Waals surface area (Å²) < 4.78 is 0. The predicted octanol–water partition coefficient (Wildman–Crippen LogP) is 5.64. The highest BCUT2D eigenvalue weighted by Gasteiger charge is 2.21. The van der Waals surface area contributed by atoms with E-state index in [1.165, 1.54) is 11.1 Å². The van der Waals surface area contributed by atoms with Crippen LogP contribution < -0.4 is 0 Å². The van der Waals surface area contributed by atoms with E-state index >= 15 is 0 Å². The van der Waals surface area contributed by atoms with Crippen LogP contribution in [-0.4, -0.2) is 23.9 Å². The zero-order valence-corrected chi connectivity index (χ0v) is 15.7. The SMILES string of the molecule is CCCCN(CCCC)C(=O)CC(c1ccccc1)c1ccccc1. The number of hydrogen-bond acceptors (Lipinski definition) is 1. The highest BCUT2D eigenvalue weighted by atomic mass is 16.2. The normalized spacial score (nSPS) is 10.8. The molecule has 0 saturated heterocycles. The molecule has 2 heteroatoms. The van der Waals surface area contributed by atoms with Gasteiger partial charge >= 0.3 is 0 Å². The van der Waals surface area contributed by atoms with Crippen molar-refractivity contribution in [3.8, 4) is 0 Å². The quantitative estimate of drug-likeness (QED) is 0.549. The molecule has 0 unspecified atom stereocenters. The van der Waals surface area contributed by atoms with E-state index in [0.29, 0.717) is 6.42 Å². The summed E-state index contributed by atoms with van der Waals surface area (Å²) in [5, 5.41) is 0. The van der Waals surface area contributed by atoms with Crippen molar-refractivity contribution in [1.82, 2.24) is 4.90 Å². The predicted molar refractivity (Wildman–Crippen MR) is 106 cm³/mol. The van der Waals surface area contributed by atoms with Gasteiger partial charge in [-0.15, -0.1) is 0 Å². The van der Waals surface area contributed by atoms with Crippen LogP contribution in [-0.2, 0) is 4.79 Å². The molecular weight excluding hydrogens is 306 g/mol. The molecule has 0 N–H and O–H groups in total. The van der Waals surface area contributed by atoms with Crippen LogP contribution in [0.5, 0.6) is 0 Å². The molecule has 0 bridgehead atoms. The fourth-order valence-electron chi connectivity index (χ4n) is 3.16. The summed E-state index contributed by atoms with van der Waals surface area (Å²) >= 11 is 0. The Balaban J connectivity index is 2.18. The van der Waals surface area contributed by atoms with Gasteiger partial charge in [0.2, 0.25) is 5.91 Å². The molecule has 1 amide bonds. The summed E-state index contributed by atoms with van der Waals surface area (Å²) in [5.41, 5.74) is 2.43. The molecule has 2 aromatic carbocycles. The Morgan fingerprint density at radius 1 is 0.800 bits per heavy atom. The second-order valence-corrected chi connectivity index (χ2v) is 6.67. The first kappa shape index (κ1) is 19.2. The molecule has 0 fully saturated rings. The third kappa shape index (κ3) is 6.04. The molecule has 0 heterocycles. The third-order valence-corrected chi connectivity index (χ3v) is 4.70. The minimum Gasteiger partial charge on any atom is -0.343 e. The minimum atomic E-state index is 0.126. The minimum absolute atomic E-state index is 0.126. The van der Waals surface area contributed by atoms with E-state index < -0.39 is 0 Å². The fourth-order valence-corrected chi connectivity index (χ4v) is 3.16. The summed E-state index contributed by atoms with van der Waals surface area (Å²) in [7, 11) is 0. The van der Waals surface area contributed by atoms with E-state index in [2.05, 4.69) is 67.3 Å². The molecule has 2 aromatic rings.